The van der Waals surface area contributed by atoms with Gasteiger partial charge in [0, 0.05) is 24.5 Å². The van der Waals surface area contributed by atoms with Gasteiger partial charge in [0.1, 0.15) is 0 Å². The monoisotopic (exact) mass is 322 g/mol. The molecule has 1 aliphatic heterocycles. The lowest BCUT2D eigenvalue weighted by atomic mass is 10.2. The van der Waals surface area contributed by atoms with Crippen LogP contribution < -0.4 is 0 Å². The zero-order chi connectivity index (χ0) is 16.1. The molecule has 0 N–H and O–H groups in total. The van der Waals surface area contributed by atoms with Crippen molar-refractivity contribution in [2.75, 3.05) is 32.9 Å². The molecule has 0 spiro atoms. The summed E-state index contributed by atoms with van der Waals surface area (Å²) in [4.78, 5) is 17.7. The molecule has 1 aromatic rings. The smallest absolute Gasteiger partial charge is 0.236 e. The molecule has 0 radical (unpaired) electrons. The van der Waals surface area contributed by atoms with Crippen LogP contribution in [0.25, 0.3) is 0 Å². The molecule has 1 saturated heterocycles. The Morgan fingerprint density at radius 3 is 2.41 bits per heavy atom. The van der Waals surface area contributed by atoms with E-state index in [0.29, 0.717) is 19.6 Å². The zero-order valence-corrected chi connectivity index (χ0v) is 14.7. The average molecular weight is 322 g/mol. The van der Waals surface area contributed by atoms with Crippen molar-refractivity contribution in [2.24, 2.45) is 0 Å². The molecule has 1 heterocycles. The van der Waals surface area contributed by atoms with Crippen molar-refractivity contribution in [3.63, 3.8) is 0 Å². The number of amides is 1. The summed E-state index contributed by atoms with van der Waals surface area (Å²) in [6.45, 7) is 6.67. The van der Waals surface area contributed by atoms with Crippen molar-refractivity contribution in [1.29, 1.82) is 0 Å². The van der Waals surface area contributed by atoms with Crippen LogP contribution in [0.1, 0.15) is 19.4 Å². The number of rotatable bonds is 5. The molecule has 1 aromatic carbocycles. The van der Waals surface area contributed by atoms with Gasteiger partial charge >= 0.3 is 0 Å². The molecule has 2 atom stereocenters. The molecule has 0 aliphatic carbocycles. The Balaban J connectivity index is 1.85. The van der Waals surface area contributed by atoms with Crippen molar-refractivity contribution in [1.82, 2.24) is 9.80 Å². The molecule has 22 heavy (non-hydrogen) atoms. The van der Waals surface area contributed by atoms with E-state index in [-0.39, 0.29) is 18.1 Å². The second-order valence-electron chi connectivity index (χ2n) is 6.08. The van der Waals surface area contributed by atoms with Gasteiger partial charge in [0.2, 0.25) is 5.91 Å². The number of morpholine rings is 1. The highest BCUT2D eigenvalue weighted by Gasteiger charge is 2.26. The molecule has 1 fully saturated rings. The average Bonchev–Trinajstić information content (AvgIpc) is 2.47. The first kappa shape index (κ1) is 17.3. The molecule has 2 unspecified atom stereocenters. The highest BCUT2D eigenvalue weighted by Crippen LogP contribution is 2.16. The van der Waals surface area contributed by atoms with Crippen LogP contribution in [0.15, 0.2) is 29.2 Å². The molecule has 5 heteroatoms. The molecule has 0 aromatic heterocycles. The second-order valence-corrected chi connectivity index (χ2v) is 6.96. The van der Waals surface area contributed by atoms with Crippen LogP contribution in [0.4, 0.5) is 0 Å². The van der Waals surface area contributed by atoms with Gasteiger partial charge < -0.3 is 9.64 Å². The number of hydrogen-bond donors (Lipinski definition) is 0. The van der Waals surface area contributed by atoms with E-state index in [1.54, 1.807) is 11.8 Å². The summed E-state index contributed by atoms with van der Waals surface area (Å²) in [5, 5.41) is 0. The standard InChI is InChI=1S/C17H26N2O2S/c1-13-9-19(10-14(2)21-13)17(20)12-18(3)11-15-5-7-16(22-4)8-6-15/h5-8,13-14H,9-12H2,1-4H3. The number of nitrogens with zero attached hydrogens (tertiary/aromatic N) is 2. The summed E-state index contributed by atoms with van der Waals surface area (Å²) in [6.07, 6.45) is 2.32. The third kappa shape index (κ3) is 5.00. The number of hydrogen-bond acceptors (Lipinski definition) is 4. The SMILES string of the molecule is CSc1ccc(CN(C)CC(=O)N2CC(C)OC(C)C2)cc1. The van der Waals surface area contributed by atoms with Gasteiger partial charge in [-0.25, -0.2) is 0 Å². The van der Waals surface area contributed by atoms with Crippen LogP contribution in [0.5, 0.6) is 0 Å². The Labute approximate surface area is 137 Å². The summed E-state index contributed by atoms with van der Waals surface area (Å²) in [5.41, 5.74) is 1.23. The fourth-order valence-corrected chi connectivity index (χ4v) is 3.22. The van der Waals surface area contributed by atoms with Gasteiger partial charge in [-0.2, -0.15) is 0 Å². The summed E-state index contributed by atoms with van der Waals surface area (Å²) in [7, 11) is 1.99. The Hall–Kier alpha value is -1.04. The van der Waals surface area contributed by atoms with Crippen molar-refractivity contribution < 1.29 is 9.53 Å². The highest BCUT2D eigenvalue weighted by molar-refractivity contribution is 7.98. The molecule has 1 amide bonds. The maximum absolute atomic E-state index is 12.4. The molecule has 2 rings (SSSR count). The van der Waals surface area contributed by atoms with Gasteiger partial charge in [0.15, 0.2) is 0 Å². The molecule has 0 saturated carbocycles. The van der Waals surface area contributed by atoms with E-state index in [0.717, 1.165) is 6.54 Å². The minimum Gasteiger partial charge on any atom is -0.372 e. The van der Waals surface area contributed by atoms with Crippen LogP contribution in [0, 0.1) is 0 Å². The normalized spacial score (nSPS) is 22.1. The van der Waals surface area contributed by atoms with E-state index in [1.807, 2.05) is 25.8 Å². The maximum Gasteiger partial charge on any atom is 0.236 e. The molecule has 0 bridgehead atoms. The summed E-state index contributed by atoms with van der Waals surface area (Å²) < 4.78 is 5.68. The summed E-state index contributed by atoms with van der Waals surface area (Å²) in [6, 6.07) is 8.51. The Kier molecular flexibility index (Phi) is 6.29. The highest BCUT2D eigenvalue weighted by atomic mass is 32.2. The van der Waals surface area contributed by atoms with Crippen molar-refractivity contribution in [3.8, 4) is 0 Å². The number of likely N-dealkylation sites (N-methyl/N-ethyl adjacent to an activating group) is 1. The van der Waals surface area contributed by atoms with Crippen molar-refractivity contribution in [3.05, 3.63) is 29.8 Å². The van der Waals surface area contributed by atoms with Crippen molar-refractivity contribution in [2.45, 2.75) is 37.5 Å². The number of carbonyl (C=O) groups excluding carboxylic acids is 1. The van der Waals surface area contributed by atoms with Gasteiger partial charge in [-0.05, 0) is 44.8 Å². The van der Waals surface area contributed by atoms with E-state index < -0.39 is 0 Å². The van der Waals surface area contributed by atoms with Gasteiger partial charge in [-0.1, -0.05) is 12.1 Å². The van der Waals surface area contributed by atoms with Gasteiger partial charge in [0.05, 0.1) is 18.8 Å². The van der Waals surface area contributed by atoms with Crippen LogP contribution in [-0.2, 0) is 16.1 Å². The van der Waals surface area contributed by atoms with E-state index >= 15 is 0 Å². The fourth-order valence-electron chi connectivity index (χ4n) is 2.81. The number of ether oxygens (including phenoxy) is 1. The first-order chi connectivity index (χ1) is 10.5. The maximum atomic E-state index is 12.4. The van der Waals surface area contributed by atoms with Crippen LogP contribution >= 0.6 is 11.8 Å². The fraction of sp³-hybridized carbons (Fsp3) is 0.588. The lowest BCUT2D eigenvalue weighted by Gasteiger charge is -2.36. The van der Waals surface area contributed by atoms with Crippen LogP contribution in [-0.4, -0.2) is 60.9 Å². The van der Waals surface area contributed by atoms with E-state index in [1.165, 1.54) is 10.5 Å². The van der Waals surface area contributed by atoms with Crippen LogP contribution in [0.3, 0.4) is 0 Å². The first-order valence-corrected chi connectivity index (χ1v) is 8.95. The number of benzene rings is 1. The van der Waals surface area contributed by atoms with Crippen molar-refractivity contribution >= 4 is 17.7 Å². The molecule has 4 nitrogen and oxygen atoms in total. The summed E-state index contributed by atoms with van der Waals surface area (Å²) >= 11 is 1.74. The predicted octanol–water partition coefficient (Wildman–Crippen LogP) is 2.48. The molecule has 122 valence electrons. The summed E-state index contributed by atoms with van der Waals surface area (Å²) in [5.74, 6) is 0.185. The van der Waals surface area contributed by atoms with E-state index in [4.69, 9.17) is 4.74 Å². The lowest BCUT2D eigenvalue weighted by Crippen LogP contribution is -2.50. The third-order valence-corrected chi connectivity index (χ3v) is 4.53. The largest absolute Gasteiger partial charge is 0.372 e. The van der Waals surface area contributed by atoms with E-state index in [9.17, 15) is 4.79 Å². The molecular formula is C17H26N2O2S. The minimum atomic E-state index is 0.122. The van der Waals surface area contributed by atoms with E-state index in [2.05, 4.69) is 35.4 Å². The molecule has 1 aliphatic rings. The zero-order valence-electron chi connectivity index (χ0n) is 13.9. The lowest BCUT2D eigenvalue weighted by molar-refractivity contribution is -0.144. The Bertz CT molecular complexity index is 482. The van der Waals surface area contributed by atoms with Gasteiger partial charge in [0.25, 0.3) is 0 Å². The number of thioether (sulfide) groups is 1. The Morgan fingerprint density at radius 1 is 1.27 bits per heavy atom. The predicted molar refractivity (Wildman–Crippen MR) is 91.1 cm³/mol. The Morgan fingerprint density at radius 2 is 1.86 bits per heavy atom. The quantitative estimate of drug-likeness (QED) is 0.780. The third-order valence-electron chi connectivity index (χ3n) is 3.79. The minimum absolute atomic E-state index is 0.122. The topological polar surface area (TPSA) is 32.8 Å². The van der Waals surface area contributed by atoms with Crippen LogP contribution in [0.2, 0.25) is 0 Å². The number of carbonyl (C=O) groups is 1. The van der Waals surface area contributed by atoms with Gasteiger partial charge in [-0.3, -0.25) is 9.69 Å². The second kappa shape index (κ2) is 7.99. The molecular weight excluding hydrogens is 296 g/mol. The first-order valence-electron chi connectivity index (χ1n) is 7.72. The van der Waals surface area contributed by atoms with Gasteiger partial charge in [-0.15, -0.1) is 11.8 Å².